The van der Waals surface area contributed by atoms with E-state index in [0.717, 1.165) is 50.1 Å². The summed E-state index contributed by atoms with van der Waals surface area (Å²) in [6.07, 6.45) is 6.17. The molecule has 1 unspecified atom stereocenters. The molecule has 0 aliphatic carbocycles. The van der Waals surface area contributed by atoms with E-state index in [1.807, 2.05) is 60.4 Å². The number of nitrogens with zero attached hydrogens (tertiary/aromatic N) is 2. The molecule has 1 amide bonds. The Balaban J connectivity index is 1.26. The van der Waals surface area contributed by atoms with E-state index >= 15 is 0 Å². The maximum absolute atomic E-state index is 12.3. The number of ether oxygens (including phenoxy) is 1. The highest BCUT2D eigenvalue weighted by Crippen LogP contribution is 2.33. The third-order valence-electron chi connectivity index (χ3n) is 6.91. The first kappa shape index (κ1) is 24.5. The SMILES string of the molecule is Cc1ccc(C2(O)CCN(CC(O)COc3ccccc3C=CC(=O)N3CCCC3)CC2)cc1. The van der Waals surface area contributed by atoms with E-state index in [1.54, 1.807) is 12.2 Å². The van der Waals surface area contributed by atoms with Gasteiger partial charge in [0.1, 0.15) is 18.5 Å². The van der Waals surface area contributed by atoms with Gasteiger partial charge in [0.25, 0.3) is 0 Å². The van der Waals surface area contributed by atoms with Crippen LogP contribution in [0.1, 0.15) is 42.4 Å². The highest BCUT2D eigenvalue weighted by atomic mass is 16.5. The molecule has 6 heteroatoms. The summed E-state index contributed by atoms with van der Waals surface area (Å²) in [5.41, 5.74) is 2.17. The van der Waals surface area contributed by atoms with Crippen molar-refractivity contribution in [1.82, 2.24) is 9.80 Å². The van der Waals surface area contributed by atoms with Crippen LogP contribution in [0.5, 0.6) is 5.75 Å². The Labute approximate surface area is 202 Å². The molecule has 34 heavy (non-hydrogen) atoms. The summed E-state index contributed by atoms with van der Waals surface area (Å²) in [6.45, 7) is 5.80. The summed E-state index contributed by atoms with van der Waals surface area (Å²) < 4.78 is 5.92. The monoisotopic (exact) mass is 464 g/mol. The number of aliphatic hydroxyl groups excluding tert-OH is 1. The lowest BCUT2D eigenvalue weighted by atomic mass is 9.84. The molecule has 0 saturated carbocycles. The summed E-state index contributed by atoms with van der Waals surface area (Å²) in [6, 6.07) is 15.7. The smallest absolute Gasteiger partial charge is 0.246 e. The molecule has 2 aromatic rings. The predicted molar refractivity (Wildman–Crippen MR) is 134 cm³/mol. The average Bonchev–Trinajstić information content (AvgIpc) is 3.39. The fourth-order valence-electron chi connectivity index (χ4n) is 4.75. The highest BCUT2D eigenvalue weighted by Gasteiger charge is 2.34. The maximum atomic E-state index is 12.3. The number of aliphatic hydroxyl groups is 2. The number of carbonyl (C=O) groups is 1. The zero-order valence-corrected chi connectivity index (χ0v) is 20.0. The lowest BCUT2D eigenvalue weighted by molar-refractivity contribution is -0.124. The molecular formula is C28H36N2O4. The van der Waals surface area contributed by atoms with Gasteiger partial charge in [0.15, 0.2) is 0 Å². The van der Waals surface area contributed by atoms with Crippen LogP contribution in [0.2, 0.25) is 0 Å². The Kier molecular flexibility index (Phi) is 8.03. The van der Waals surface area contributed by atoms with Crippen LogP contribution >= 0.6 is 0 Å². The van der Waals surface area contributed by atoms with E-state index in [9.17, 15) is 15.0 Å². The molecule has 2 aliphatic rings. The molecule has 4 rings (SSSR count). The molecule has 0 bridgehead atoms. The molecule has 2 N–H and O–H groups in total. The number of piperidine rings is 1. The number of rotatable bonds is 8. The molecule has 2 aliphatic heterocycles. The van der Waals surface area contributed by atoms with Crippen molar-refractivity contribution in [3.63, 3.8) is 0 Å². The minimum Gasteiger partial charge on any atom is -0.490 e. The fraction of sp³-hybridized carbons (Fsp3) is 0.464. The Bertz CT molecular complexity index is 974. The van der Waals surface area contributed by atoms with E-state index < -0.39 is 11.7 Å². The average molecular weight is 465 g/mol. The molecule has 2 aromatic carbocycles. The number of amides is 1. The van der Waals surface area contributed by atoms with Crippen LogP contribution in [0, 0.1) is 6.92 Å². The van der Waals surface area contributed by atoms with Gasteiger partial charge >= 0.3 is 0 Å². The fourth-order valence-corrected chi connectivity index (χ4v) is 4.75. The molecule has 0 spiro atoms. The number of carbonyl (C=O) groups excluding carboxylic acids is 1. The highest BCUT2D eigenvalue weighted by molar-refractivity contribution is 5.92. The topological polar surface area (TPSA) is 73.2 Å². The van der Waals surface area contributed by atoms with Crippen molar-refractivity contribution >= 4 is 12.0 Å². The van der Waals surface area contributed by atoms with Crippen LogP contribution in [0.15, 0.2) is 54.6 Å². The van der Waals surface area contributed by atoms with Gasteiger partial charge in [-0.1, -0.05) is 48.0 Å². The standard InChI is InChI=1S/C28H36N2O4/c1-22-8-11-24(12-9-22)28(33)14-18-29(19-15-28)20-25(31)21-34-26-7-3-2-6-23(26)10-13-27(32)30-16-4-5-17-30/h2-3,6-13,25,31,33H,4-5,14-21H2,1H3. The third-order valence-corrected chi connectivity index (χ3v) is 6.91. The first-order valence-corrected chi connectivity index (χ1v) is 12.3. The summed E-state index contributed by atoms with van der Waals surface area (Å²) in [7, 11) is 0. The Morgan fingerprint density at radius 1 is 1.06 bits per heavy atom. The van der Waals surface area contributed by atoms with Gasteiger partial charge in [0.05, 0.1) is 5.60 Å². The van der Waals surface area contributed by atoms with E-state index in [-0.39, 0.29) is 12.5 Å². The van der Waals surface area contributed by atoms with E-state index in [1.165, 1.54) is 5.56 Å². The molecule has 2 heterocycles. The second-order valence-corrected chi connectivity index (χ2v) is 9.57. The Morgan fingerprint density at radius 3 is 2.44 bits per heavy atom. The minimum absolute atomic E-state index is 0.0306. The number of aryl methyl sites for hydroxylation is 1. The lowest BCUT2D eigenvalue weighted by Crippen LogP contribution is -2.46. The summed E-state index contributed by atoms with van der Waals surface area (Å²) in [5, 5.41) is 21.7. The summed E-state index contributed by atoms with van der Waals surface area (Å²) in [4.78, 5) is 16.3. The number of hydrogen-bond acceptors (Lipinski definition) is 5. The van der Waals surface area contributed by atoms with Crippen molar-refractivity contribution < 1.29 is 19.7 Å². The molecule has 1 atom stereocenters. The largest absolute Gasteiger partial charge is 0.490 e. The number of likely N-dealkylation sites (tertiary alicyclic amines) is 2. The summed E-state index contributed by atoms with van der Waals surface area (Å²) >= 11 is 0. The van der Waals surface area contributed by atoms with Gasteiger partial charge in [-0.15, -0.1) is 0 Å². The van der Waals surface area contributed by atoms with Gasteiger partial charge in [-0.25, -0.2) is 0 Å². The van der Waals surface area contributed by atoms with E-state index in [2.05, 4.69) is 4.90 Å². The molecule has 0 aromatic heterocycles. The Morgan fingerprint density at radius 2 is 1.74 bits per heavy atom. The van der Waals surface area contributed by atoms with E-state index in [0.29, 0.717) is 25.1 Å². The molecule has 182 valence electrons. The van der Waals surface area contributed by atoms with Gasteiger partial charge in [0.2, 0.25) is 5.91 Å². The van der Waals surface area contributed by atoms with Gasteiger partial charge in [0, 0.05) is 44.4 Å². The second kappa shape index (κ2) is 11.2. The molecule has 0 radical (unpaired) electrons. The maximum Gasteiger partial charge on any atom is 0.246 e. The number of para-hydroxylation sites is 1. The van der Waals surface area contributed by atoms with Crippen LogP contribution in [0.3, 0.4) is 0 Å². The Hall–Kier alpha value is -2.67. The third kappa shape index (κ3) is 6.26. The molecule has 2 saturated heterocycles. The molecule has 2 fully saturated rings. The molecule has 6 nitrogen and oxygen atoms in total. The van der Waals surface area contributed by atoms with Gasteiger partial charge in [-0.3, -0.25) is 4.79 Å². The van der Waals surface area contributed by atoms with Crippen molar-refractivity contribution in [2.75, 3.05) is 39.3 Å². The first-order valence-electron chi connectivity index (χ1n) is 12.3. The van der Waals surface area contributed by atoms with Crippen molar-refractivity contribution in [1.29, 1.82) is 0 Å². The van der Waals surface area contributed by atoms with Crippen molar-refractivity contribution in [2.24, 2.45) is 0 Å². The van der Waals surface area contributed by atoms with E-state index in [4.69, 9.17) is 4.74 Å². The van der Waals surface area contributed by atoms with Crippen LogP contribution in [0.4, 0.5) is 0 Å². The van der Waals surface area contributed by atoms with Crippen LogP contribution in [-0.4, -0.2) is 71.4 Å². The normalized spacial score (nSPS) is 19.4. The van der Waals surface area contributed by atoms with Crippen LogP contribution in [-0.2, 0) is 10.4 Å². The molecular weight excluding hydrogens is 428 g/mol. The quantitative estimate of drug-likeness (QED) is 0.586. The lowest BCUT2D eigenvalue weighted by Gasteiger charge is -2.39. The van der Waals surface area contributed by atoms with Gasteiger partial charge in [-0.05, 0) is 50.3 Å². The van der Waals surface area contributed by atoms with Crippen molar-refractivity contribution in [3.8, 4) is 5.75 Å². The zero-order chi connectivity index (χ0) is 24.0. The van der Waals surface area contributed by atoms with Crippen LogP contribution in [0.25, 0.3) is 6.08 Å². The first-order chi connectivity index (χ1) is 16.4. The summed E-state index contributed by atoms with van der Waals surface area (Å²) in [5.74, 6) is 0.683. The number of β-amino-alcohol motifs (C(OH)–C–C–N with tert-alkyl or cyclic N) is 1. The van der Waals surface area contributed by atoms with Crippen molar-refractivity contribution in [2.45, 2.75) is 44.3 Å². The zero-order valence-electron chi connectivity index (χ0n) is 20.0. The second-order valence-electron chi connectivity index (χ2n) is 9.57. The minimum atomic E-state index is -0.802. The van der Waals surface area contributed by atoms with Gasteiger partial charge < -0.3 is 24.7 Å². The van der Waals surface area contributed by atoms with Crippen molar-refractivity contribution in [3.05, 3.63) is 71.3 Å². The predicted octanol–water partition coefficient (Wildman–Crippen LogP) is 3.35. The number of benzene rings is 2. The van der Waals surface area contributed by atoms with Crippen LogP contribution < -0.4 is 4.74 Å². The number of hydrogen-bond donors (Lipinski definition) is 2. The van der Waals surface area contributed by atoms with Gasteiger partial charge in [-0.2, -0.15) is 0 Å².